The Morgan fingerprint density at radius 3 is 0.500 bits per heavy atom. The van der Waals surface area contributed by atoms with Gasteiger partial charge in [0, 0.05) is 0 Å². The summed E-state index contributed by atoms with van der Waals surface area (Å²) >= 11 is 0. The first-order valence-corrected chi connectivity index (χ1v) is 0. The molecule has 0 atom stereocenters. The van der Waals surface area contributed by atoms with E-state index in [-0.39, 0.29) is 81.2 Å². The van der Waals surface area contributed by atoms with Crippen LogP contribution in [0.5, 0.6) is 0 Å². The van der Waals surface area contributed by atoms with Crippen molar-refractivity contribution in [2.45, 2.75) is 0 Å². The van der Waals surface area contributed by atoms with Gasteiger partial charge in [0.2, 0.25) is 0 Å². The summed E-state index contributed by atoms with van der Waals surface area (Å²) in [5, 5.41) is 0. The first-order chi connectivity index (χ1) is 0. The van der Waals surface area contributed by atoms with E-state index in [0.717, 1.165) is 0 Å². The average molecular weight is 162 g/mol. The van der Waals surface area contributed by atoms with Gasteiger partial charge in [-0.3, -0.25) is 0 Å². The average Bonchev–Trinajstić information content (AvgIpc) is 0. The predicted octanol–water partition coefficient (Wildman–Crippen LogP) is -9.02. The summed E-state index contributed by atoms with van der Waals surface area (Å²) in [6.07, 6.45) is 0. The molecule has 0 aliphatic heterocycles. The molecule has 0 amide bonds. The van der Waals surface area contributed by atoms with Crippen LogP contribution < -0.4 is 29.6 Å². The van der Waals surface area contributed by atoms with Crippen LogP contribution >= 0.6 is 0 Å². The van der Waals surface area contributed by atoms with Gasteiger partial charge in [-0.05, 0) is 0 Å². The van der Waals surface area contributed by atoms with E-state index in [2.05, 4.69) is 0 Å². The molecule has 0 aliphatic rings. The third-order valence-electron chi connectivity index (χ3n) is 0. The van der Waals surface area contributed by atoms with Crippen LogP contribution in [-0.4, -0.2) is 50.2 Å². The number of rotatable bonds is 0. The molecule has 0 aromatic rings. The summed E-state index contributed by atoms with van der Waals surface area (Å²) in [6, 6.07) is 0. The minimum atomic E-state index is 0. The Morgan fingerprint density at radius 1 is 0.500 bits per heavy atom. The van der Waals surface area contributed by atoms with Crippen LogP contribution in [0.4, 0.5) is 0 Å². The van der Waals surface area contributed by atoms with Gasteiger partial charge >= 0.3 is 29.6 Å². The molecule has 0 bridgehead atoms. The summed E-state index contributed by atoms with van der Waals surface area (Å²) in [4.78, 5) is 0. The van der Waals surface area contributed by atoms with Crippen LogP contribution in [0, 0.1) is 0 Å². The van der Waals surface area contributed by atoms with Crippen molar-refractivity contribution in [2.75, 3.05) is 0 Å². The van der Waals surface area contributed by atoms with E-state index in [9.17, 15) is 0 Å². The van der Waals surface area contributed by atoms with Crippen LogP contribution in [0.1, 0.15) is 1.43 Å². The zero-order chi connectivity index (χ0) is 0. The second-order valence-electron chi connectivity index (χ2n) is 0. The molecule has 6 nitrogen and oxygen atoms in total. The van der Waals surface area contributed by atoms with Gasteiger partial charge in [-0.1, -0.05) is 0 Å². The predicted molar refractivity (Wildman–Crippen MR) is 32.7 cm³/mol. The molecule has 0 aromatic carbocycles. The molecule has 0 aliphatic carbocycles. The molecule has 12 N–H and O–H groups in total. The molecular formula is H16AlNaO6. The minimum Gasteiger partial charge on any atom is -1.00 e. The second kappa shape index (κ2) is 264. The van der Waals surface area contributed by atoms with Gasteiger partial charge in [0.25, 0.3) is 0 Å². The van der Waals surface area contributed by atoms with Gasteiger partial charge in [-0.25, -0.2) is 0 Å². The molecule has 0 spiro atoms. The van der Waals surface area contributed by atoms with Crippen molar-refractivity contribution in [2.24, 2.45) is 0 Å². The maximum Gasteiger partial charge on any atom is 1.00 e. The topological polar surface area (TPSA) is 189 Å². The van der Waals surface area contributed by atoms with Crippen molar-refractivity contribution < 1.29 is 63.8 Å². The fourth-order valence-corrected chi connectivity index (χ4v) is 0. The summed E-state index contributed by atoms with van der Waals surface area (Å²) in [5.41, 5.74) is 0. The summed E-state index contributed by atoms with van der Waals surface area (Å²) in [7, 11) is 0. The van der Waals surface area contributed by atoms with Gasteiger partial charge in [0.1, 0.15) is 0 Å². The maximum atomic E-state index is 0. The summed E-state index contributed by atoms with van der Waals surface area (Å²) in [6.45, 7) is 0. The van der Waals surface area contributed by atoms with Crippen molar-refractivity contribution in [3.05, 3.63) is 0 Å². The Labute approximate surface area is 81.0 Å². The second-order valence-corrected chi connectivity index (χ2v) is 0. The normalized spacial score (nSPS) is 0. The van der Waals surface area contributed by atoms with E-state index in [4.69, 9.17) is 0 Å². The molecule has 0 radical (unpaired) electrons. The van der Waals surface area contributed by atoms with E-state index in [0.29, 0.717) is 0 Å². The van der Waals surface area contributed by atoms with Gasteiger partial charge in [0.05, 0.1) is 0 Å². The fourth-order valence-electron chi connectivity index (χ4n) is 0. The van der Waals surface area contributed by atoms with Crippen LogP contribution in [0.15, 0.2) is 0 Å². The van der Waals surface area contributed by atoms with Crippen molar-refractivity contribution >= 4 is 17.4 Å². The Kier molecular flexibility index (Phi) is 12600. The van der Waals surface area contributed by atoms with E-state index in [1.165, 1.54) is 0 Å². The Balaban J connectivity index is 0. The molecule has 0 aromatic heterocycles. The first kappa shape index (κ1) is 383. The van der Waals surface area contributed by atoms with E-state index < -0.39 is 0 Å². The van der Waals surface area contributed by atoms with Crippen LogP contribution in [0.2, 0.25) is 0 Å². The van der Waals surface area contributed by atoms with E-state index in [1.54, 1.807) is 0 Å². The molecule has 8 heavy (non-hydrogen) atoms. The SMILES string of the molecule is O.O.O.O.O.O.[AlH3].[H-].[Na+]. The third kappa shape index (κ3) is 173. The molecule has 0 rings (SSSR count). The van der Waals surface area contributed by atoms with Crippen LogP contribution in [0.25, 0.3) is 0 Å². The van der Waals surface area contributed by atoms with E-state index >= 15 is 0 Å². The van der Waals surface area contributed by atoms with Crippen molar-refractivity contribution in [1.82, 2.24) is 0 Å². The molecule has 56 valence electrons. The van der Waals surface area contributed by atoms with Crippen molar-refractivity contribution in [3.63, 3.8) is 0 Å². The molecule has 8 heteroatoms. The Morgan fingerprint density at radius 2 is 0.500 bits per heavy atom. The minimum absolute atomic E-state index is 0. The zero-order valence-electron chi connectivity index (χ0n) is 5.00. The van der Waals surface area contributed by atoms with Crippen molar-refractivity contribution in [1.29, 1.82) is 0 Å². The molecule has 0 saturated carbocycles. The number of hydrogen-bond donors (Lipinski definition) is 0. The fraction of sp³-hybridized carbons (Fsp3) is 0. The van der Waals surface area contributed by atoms with Crippen LogP contribution in [-0.2, 0) is 0 Å². The molecular weight excluding hydrogens is 146 g/mol. The maximum absolute atomic E-state index is 0. The quantitative estimate of drug-likeness (QED) is 0.306. The van der Waals surface area contributed by atoms with Gasteiger partial charge < -0.3 is 34.3 Å². The molecule has 0 unspecified atom stereocenters. The Hall–Kier alpha value is 1.29. The first-order valence-electron chi connectivity index (χ1n) is 0. The largest absolute Gasteiger partial charge is 1.00 e. The number of hydrogen-bond acceptors (Lipinski definition) is 0. The van der Waals surface area contributed by atoms with Crippen LogP contribution in [0.3, 0.4) is 0 Å². The van der Waals surface area contributed by atoms with Gasteiger partial charge in [0.15, 0.2) is 17.4 Å². The van der Waals surface area contributed by atoms with E-state index in [1.807, 2.05) is 0 Å². The molecule has 0 fully saturated rings. The third-order valence-corrected chi connectivity index (χ3v) is 0. The molecule has 0 saturated heterocycles. The standard InChI is InChI=1S/Al.Na.6H2O.4H/h;;6*1H2;;;;/q;+1;;;;;;;;;;-1. The van der Waals surface area contributed by atoms with Crippen molar-refractivity contribution in [3.8, 4) is 0 Å². The summed E-state index contributed by atoms with van der Waals surface area (Å²) < 4.78 is 0. The Bertz CT molecular complexity index is 13.0. The van der Waals surface area contributed by atoms with Gasteiger partial charge in [-0.15, -0.1) is 0 Å². The molecule has 0 heterocycles. The van der Waals surface area contributed by atoms with Gasteiger partial charge in [-0.2, -0.15) is 0 Å². The monoisotopic (exact) mass is 162 g/mol. The summed E-state index contributed by atoms with van der Waals surface area (Å²) in [5.74, 6) is 0. The zero-order valence-corrected chi connectivity index (χ0v) is 6.00. The smallest absolute Gasteiger partial charge is 1.00 e.